The molecule has 5 nitrogen and oxygen atoms in total. The van der Waals surface area contributed by atoms with Crippen LogP contribution < -0.4 is 10.2 Å². The molecule has 1 aliphatic rings. The molecule has 1 fully saturated rings. The molecule has 0 bridgehead atoms. The van der Waals surface area contributed by atoms with Gasteiger partial charge in [-0.2, -0.15) is 0 Å². The lowest BCUT2D eigenvalue weighted by Crippen LogP contribution is -2.38. The van der Waals surface area contributed by atoms with Crippen LogP contribution in [0.4, 0.5) is 10.5 Å². The molecule has 148 valence electrons. The smallest absolute Gasteiger partial charge is 0.322 e. The first-order valence-electron chi connectivity index (χ1n) is 9.62. The average molecular weight is 400 g/mol. The van der Waals surface area contributed by atoms with Crippen molar-refractivity contribution >= 4 is 29.2 Å². The summed E-state index contributed by atoms with van der Waals surface area (Å²) < 4.78 is 0. The highest BCUT2D eigenvalue weighted by molar-refractivity contribution is 6.30. The Kier molecular flexibility index (Phi) is 6.25. The SMILES string of the molecule is CCC(C)N(Cc1ccc(Cl)cc1)C(=O)c1ccc(C)c(N2CCNC2=O)c1. The Morgan fingerprint density at radius 1 is 1.25 bits per heavy atom. The number of urea groups is 1. The fourth-order valence-corrected chi connectivity index (χ4v) is 3.46. The number of carbonyl (C=O) groups is 2. The van der Waals surface area contributed by atoms with Gasteiger partial charge in [-0.25, -0.2) is 4.79 Å². The number of hydrogen-bond acceptors (Lipinski definition) is 2. The van der Waals surface area contributed by atoms with Crippen molar-refractivity contribution < 1.29 is 9.59 Å². The Morgan fingerprint density at radius 3 is 2.57 bits per heavy atom. The van der Waals surface area contributed by atoms with E-state index in [2.05, 4.69) is 19.2 Å². The van der Waals surface area contributed by atoms with Gasteiger partial charge in [0.15, 0.2) is 0 Å². The maximum Gasteiger partial charge on any atom is 0.322 e. The Morgan fingerprint density at radius 2 is 1.96 bits per heavy atom. The minimum absolute atomic E-state index is 0.0369. The number of aryl methyl sites for hydroxylation is 1. The third kappa shape index (κ3) is 4.30. The maximum atomic E-state index is 13.4. The van der Waals surface area contributed by atoms with Crippen molar-refractivity contribution in [1.29, 1.82) is 0 Å². The van der Waals surface area contributed by atoms with Crippen LogP contribution in [0, 0.1) is 6.92 Å². The number of amides is 3. The summed E-state index contributed by atoms with van der Waals surface area (Å²) >= 11 is 5.98. The van der Waals surface area contributed by atoms with Gasteiger partial charge in [-0.05, 0) is 55.7 Å². The van der Waals surface area contributed by atoms with Crippen LogP contribution in [0.25, 0.3) is 0 Å². The standard InChI is InChI=1S/C22H26ClN3O2/c1-4-16(3)26(14-17-6-9-19(23)10-7-17)21(27)18-8-5-15(2)20(13-18)25-12-11-24-22(25)28/h5-10,13,16H,4,11-12,14H2,1-3H3,(H,24,28). The molecule has 3 amide bonds. The summed E-state index contributed by atoms with van der Waals surface area (Å²) in [6, 6.07) is 13.1. The molecule has 1 aliphatic heterocycles. The predicted octanol–water partition coefficient (Wildman–Crippen LogP) is 4.62. The fourth-order valence-electron chi connectivity index (χ4n) is 3.34. The van der Waals surface area contributed by atoms with E-state index < -0.39 is 0 Å². The largest absolute Gasteiger partial charge is 0.336 e. The van der Waals surface area contributed by atoms with E-state index in [1.54, 1.807) is 4.90 Å². The first-order chi connectivity index (χ1) is 13.4. The van der Waals surface area contributed by atoms with Crippen LogP contribution in [0.3, 0.4) is 0 Å². The summed E-state index contributed by atoms with van der Waals surface area (Å²) in [7, 11) is 0. The number of carbonyl (C=O) groups excluding carboxylic acids is 2. The van der Waals surface area contributed by atoms with Crippen molar-refractivity contribution in [3.63, 3.8) is 0 Å². The second-order valence-corrected chi connectivity index (χ2v) is 7.64. The maximum absolute atomic E-state index is 13.4. The predicted molar refractivity (Wildman–Crippen MR) is 113 cm³/mol. The fraction of sp³-hybridized carbons (Fsp3) is 0.364. The zero-order chi connectivity index (χ0) is 20.3. The molecular weight excluding hydrogens is 374 g/mol. The molecule has 1 atom stereocenters. The number of hydrogen-bond donors (Lipinski definition) is 1. The molecule has 3 rings (SSSR count). The van der Waals surface area contributed by atoms with Gasteiger partial charge < -0.3 is 10.2 Å². The number of benzene rings is 2. The van der Waals surface area contributed by atoms with Gasteiger partial charge in [0, 0.05) is 41.9 Å². The highest BCUT2D eigenvalue weighted by Crippen LogP contribution is 2.25. The molecule has 1 saturated heterocycles. The molecule has 1 heterocycles. The molecular formula is C22H26ClN3O2. The van der Waals surface area contributed by atoms with Crippen molar-refractivity contribution in [3.8, 4) is 0 Å². The van der Waals surface area contributed by atoms with E-state index in [9.17, 15) is 9.59 Å². The van der Waals surface area contributed by atoms with Crippen molar-refractivity contribution in [1.82, 2.24) is 10.2 Å². The molecule has 6 heteroatoms. The zero-order valence-corrected chi connectivity index (χ0v) is 17.3. The lowest BCUT2D eigenvalue weighted by Gasteiger charge is -2.29. The Labute approximate surface area is 171 Å². The van der Waals surface area contributed by atoms with Crippen LogP contribution in [0.15, 0.2) is 42.5 Å². The van der Waals surface area contributed by atoms with E-state index >= 15 is 0 Å². The first kappa shape index (κ1) is 20.2. The molecule has 1 N–H and O–H groups in total. The summed E-state index contributed by atoms with van der Waals surface area (Å²) in [6.07, 6.45) is 0.854. The minimum atomic E-state index is -0.118. The summed E-state index contributed by atoms with van der Waals surface area (Å²) in [5, 5.41) is 3.49. The Bertz CT molecular complexity index is 867. The van der Waals surface area contributed by atoms with Gasteiger partial charge >= 0.3 is 6.03 Å². The van der Waals surface area contributed by atoms with Crippen LogP contribution in [-0.4, -0.2) is 36.0 Å². The summed E-state index contributed by atoms with van der Waals surface area (Å²) in [5.41, 5.74) is 3.39. The van der Waals surface area contributed by atoms with Crippen molar-refractivity contribution in [2.24, 2.45) is 0 Å². The van der Waals surface area contributed by atoms with E-state index in [-0.39, 0.29) is 18.0 Å². The highest BCUT2D eigenvalue weighted by Gasteiger charge is 2.26. The van der Waals surface area contributed by atoms with Gasteiger partial charge in [0.2, 0.25) is 0 Å². The van der Waals surface area contributed by atoms with E-state index in [0.29, 0.717) is 30.2 Å². The molecule has 0 aliphatic carbocycles. The van der Waals surface area contributed by atoms with Gasteiger partial charge in [0.25, 0.3) is 5.91 Å². The Hall–Kier alpha value is -2.53. The highest BCUT2D eigenvalue weighted by atomic mass is 35.5. The van der Waals surface area contributed by atoms with Crippen LogP contribution in [0.2, 0.25) is 5.02 Å². The van der Waals surface area contributed by atoms with E-state index in [1.807, 2.05) is 54.3 Å². The monoisotopic (exact) mass is 399 g/mol. The van der Waals surface area contributed by atoms with E-state index in [4.69, 9.17) is 11.6 Å². The molecule has 0 radical (unpaired) electrons. The molecule has 0 aromatic heterocycles. The minimum Gasteiger partial charge on any atom is -0.336 e. The van der Waals surface area contributed by atoms with Crippen molar-refractivity contribution in [3.05, 3.63) is 64.2 Å². The summed E-state index contributed by atoms with van der Waals surface area (Å²) in [5.74, 6) is -0.0369. The van der Waals surface area contributed by atoms with Crippen LogP contribution >= 0.6 is 11.6 Å². The molecule has 2 aromatic carbocycles. The Balaban J connectivity index is 1.90. The molecule has 2 aromatic rings. The second-order valence-electron chi connectivity index (χ2n) is 7.20. The summed E-state index contributed by atoms with van der Waals surface area (Å²) in [6.45, 7) is 7.82. The van der Waals surface area contributed by atoms with Gasteiger partial charge in [0.1, 0.15) is 0 Å². The van der Waals surface area contributed by atoms with Gasteiger partial charge in [-0.15, -0.1) is 0 Å². The molecule has 0 spiro atoms. The summed E-state index contributed by atoms with van der Waals surface area (Å²) in [4.78, 5) is 29.0. The third-order valence-corrected chi connectivity index (χ3v) is 5.51. The van der Waals surface area contributed by atoms with Crippen LogP contribution in [-0.2, 0) is 6.54 Å². The number of anilines is 1. The number of nitrogens with one attached hydrogen (secondary N) is 1. The second kappa shape index (κ2) is 8.65. The average Bonchev–Trinajstić information content (AvgIpc) is 3.12. The van der Waals surface area contributed by atoms with Crippen LogP contribution in [0.1, 0.15) is 41.8 Å². The molecule has 0 saturated carbocycles. The normalized spacial score (nSPS) is 14.7. The lowest BCUT2D eigenvalue weighted by atomic mass is 10.1. The number of halogens is 1. The first-order valence-corrected chi connectivity index (χ1v) is 10.00. The molecule has 1 unspecified atom stereocenters. The van der Waals surface area contributed by atoms with Crippen LogP contribution in [0.5, 0.6) is 0 Å². The lowest BCUT2D eigenvalue weighted by molar-refractivity contribution is 0.0671. The molecule has 28 heavy (non-hydrogen) atoms. The van der Waals surface area contributed by atoms with Gasteiger partial charge in [0.05, 0.1) is 0 Å². The topological polar surface area (TPSA) is 52.7 Å². The third-order valence-electron chi connectivity index (χ3n) is 5.25. The quantitative estimate of drug-likeness (QED) is 0.770. The van der Waals surface area contributed by atoms with Crippen molar-refractivity contribution in [2.75, 3.05) is 18.0 Å². The van der Waals surface area contributed by atoms with Gasteiger partial charge in [-0.1, -0.05) is 36.7 Å². The number of nitrogens with zero attached hydrogens (tertiary/aromatic N) is 2. The zero-order valence-electron chi connectivity index (χ0n) is 16.5. The van der Waals surface area contributed by atoms with E-state index in [1.165, 1.54) is 0 Å². The van der Waals surface area contributed by atoms with E-state index in [0.717, 1.165) is 23.2 Å². The van der Waals surface area contributed by atoms with Gasteiger partial charge in [-0.3, -0.25) is 9.69 Å². The van der Waals surface area contributed by atoms with Crippen molar-refractivity contribution in [2.45, 2.75) is 39.8 Å². The number of rotatable bonds is 6.